The molecule has 0 aliphatic heterocycles. The van der Waals surface area contributed by atoms with E-state index in [1.807, 2.05) is 34.2 Å². The van der Waals surface area contributed by atoms with E-state index in [1.54, 1.807) is 48.7 Å². The number of benzene rings is 2. The molecule has 0 aliphatic rings. The Hall–Kier alpha value is -2.71. The van der Waals surface area contributed by atoms with Crippen molar-refractivity contribution in [1.82, 2.24) is 19.7 Å². The number of hydrogen-bond donors (Lipinski definition) is 0. The maximum Gasteiger partial charge on any atom is 0.196 e. The van der Waals surface area contributed by atoms with Crippen LogP contribution in [0.1, 0.15) is 5.69 Å². The number of rotatable bonds is 6. The molecule has 0 aliphatic carbocycles. The van der Waals surface area contributed by atoms with E-state index in [2.05, 4.69) is 15.2 Å². The Morgan fingerprint density at radius 3 is 2.78 bits per heavy atom. The van der Waals surface area contributed by atoms with Crippen molar-refractivity contribution in [2.24, 2.45) is 0 Å². The first-order chi connectivity index (χ1) is 13.2. The smallest absolute Gasteiger partial charge is 0.196 e. The zero-order valence-electron chi connectivity index (χ0n) is 14.4. The Balaban J connectivity index is 1.51. The summed E-state index contributed by atoms with van der Waals surface area (Å²) < 4.78 is 20.4. The van der Waals surface area contributed by atoms with Gasteiger partial charge in [0, 0.05) is 16.7 Å². The first-order valence-corrected chi connectivity index (χ1v) is 9.97. The second-order valence-electron chi connectivity index (χ2n) is 5.59. The minimum Gasteiger partial charge on any atom is -0.495 e. The molecule has 0 saturated carbocycles. The lowest BCUT2D eigenvalue weighted by Gasteiger charge is -2.10. The quantitative estimate of drug-likeness (QED) is 0.436. The molecule has 136 valence electrons. The van der Waals surface area contributed by atoms with Gasteiger partial charge in [0.1, 0.15) is 22.9 Å². The van der Waals surface area contributed by atoms with Crippen LogP contribution in [0.2, 0.25) is 0 Å². The predicted octanol–water partition coefficient (Wildman–Crippen LogP) is 4.83. The molecule has 0 fully saturated rings. The average Bonchev–Trinajstić information content (AvgIpc) is 3.36. The monoisotopic (exact) mass is 398 g/mol. The van der Waals surface area contributed by atoms with Crippen LogP contribution in [0.5, 0.6) is 5.75 Å². The van der Waals surface area contributed by atoms with Gasteiger partial charge in [-0.25, -0.2) is 9.37 Å². The van der Waals surface area contributed by atoms with Crippen molar-refractivity contribution < 1.29 is 9.13 Å². The van der Waals surface area contributed by atoms with Gasteiger partial charge < -0.3 is 4.74 Å². The molecule has 8 heteroatoms. The fourth-order valence-corrected chi connectivity index (χ4v) is 4.30. The van der Waals surface area contributed by atoms with E-state index in [0.29, 0.717) is 5.75 Å². The zero-order valence-corrected chi connectivity index (χ0v) is 16.0. The van der Waals surface area contributed by atoms with Gasteiger partial charge in [0.15, 0.2) is 5.16 Å². The minimum absolute atomic E-state index is 0.248. The van der Waals surface area contributed by atoms with Crippen molar-refractivity contribution >= 4 is 23.1 Å². The predicted molar refractivity (Wildman–Crippen MR) is 105 cm³/mol. The van der Waals surface area contributed by atoms with Gasteiger partial charge in [-0.1, -0.05) is 23.9 Å². The summed E-state index contributed by atoms with van der Waals surface area (Å²) in [6.07, 6.45) is 1.67. The topological polar surface area (TPSA) is 52.8 Å². The van der Waals surface area contributed by atoms with Crippen molar-refractivity contribution in [1.29, 1.82) is 0 Å². The highest BCUT2D eigenvalue weighted by Crippen LogP contribution is 2.30. The van der Waals surface area contributed by atoms with Crippen LogP contribution in [-0.2, 0) is 5.75 Å². The number of ether oxygens (including phenoxy) is 1. The van der Waals surface area contributed by atoms with Gasteiger partial charge in [-0.2, -0.15) is 0 Å². The Labute approximate surface area is 163 Å². The van der Waals surface area contributed by atoms with E-state index in [0.717, 1.165) is 32.9 Å². The van der Waals surface area contributed by atoms with Gasteiger partial charge in [0.05, 0.1) is 18.5 Å². The molecule has 27 heavy (non-hydrogen) atoms. The van der Waals surface area contributed by atoms with E-state index in [9.17, 15) is 4.39 Å². The largest absolute Gasteiger partial charge is 0.495 e. The van der Waals surface area contributed by atoms with Crippen LogP contribution in [0.4, 0.5) is 4.39 Å². The van der Waals surface area contributed by atoms with Gasteiger partial charge in [0.2, 0.25) is 0 Å². The first-order valence-electron chi connectivity index (χ1n) is 8.11. The zero-order chi connectivity index (χ0) is 18.6. The van der Waals surface area contributed by atoms with Crippen molar-refractivity contribution in [2.45, 2.75) is 10.9 Å². The molecular weight excluding hydrogens is 383 g/mol. The van der Waals surface area contributed by atoms with E-state index in [1.165, 1.54) is 12.1 Å². The summed E-state index contributed by atoms with van der Waals surface area (Å²) in [5.41, 5.74) is 2.74. The molecule has 2 aromatic heterocycles. The molecule has 0 bridgehead atoms. The number of methoxy groups -OCH3 is 1. The Morgan fingerprint density at radius 2 is 1.96 bits per heavy atom. The summed E-state index contributed by atoms with van der Waals surface area (Å²) in [6.45, 7) is 0. The second-order valence-corrected chi connectivity index (χ2v) is 7.40. The lowest BCUT2D eigenvalue weighted by Crippen LogP contribution is -1.98. The highest BCUT2D eigenvalue weighted by molar-refractivity contribution is 7.98. The van der Waals surface area contributed by atoms with Crippen LogP contribution in [0.15, 0.2) is 65.4 Å². The number of nitrogens with zero attached hydrogens (tertiary/aromatic N) is 4. The molecule has 0 N–H and O–H groups in total. The van der Waals surface area contributed by atoms with Gasteiger partial charge >= 0.3 is 0 Å². The van der Waals surface area contributed by atoms with E-state index in [4.69, 9.17) is 4.74 Å². The van der Waals surface area contributed by atoms with Crippen LogP contribution in [-0.4, -0.2) is 26.9 Å². The molecule has 2 heterocycles. The summed E-state index contributed by atoms with van der Waals surface area (Å²) in [7, 11) is 1.64. The number of aromatic nitrogens is 4. The lowest BCUT2D eigenvalue weighted by molar-refractivity contribution is 0.412. The standard InChI is InChI=1S/C19H15FN4OS2/c1-25-17-5-3-2-4-16(17)24-12-21-23-19(24)27-11-15-10-26-18(22-15)13-6-8-14(20)9-7-13/h2-10,12H,11H2,1H3. The fraction of sp³-hybridized carbons (Fsp3) is 0.105. The lowest BCUT2D eigenvalue weighted by atomic mass is 10.2. The van der Waals surface area contributed by atoms with Crippen LogP contribution in [0, 0.1) is 5.82 Å². The normalized spacial score (nSPS) is 10.9. The molecule has 0 radical (unpaired) electrons. The molecule has 0 saturated heterocycles. The van der Waals surface area contributed by atoms with E-state index >= 15 is 0 Å². The third-order valence-electron chi connectivity index (χ3n) is 3.85. The average molecular weight is 398 g/mol. The maximum absolute atomic E-state index is 13.1. The molecule has 0 atom stereocenters. The van der Waals surface area contributed by atoms with Crippen LogP contribution in [0.25, 0.3) is 16.3 Å². The number of thioether (sulfide) groups is 1. The first kappa shape index (κ1) is 17.7. The second kappa shape index (κ2) is 7.89. The summed E-state index contributed by atoms with van der Waals surface area (Å²) in [5.74, 6) is 1.17. The summed E-state index contributed by atoms with van der Waals surface area (Å²) >= 11 is 3.09. The van der Waals surface area contributed by atoms with Crippen LogP contribution < -0.4 is 4.74 Å². The number of thiazole rings is 1. The number of para-hydroxylation sites is 2. The molecule has 5 nitrogen and oxygen atoms in total. The third-order valence-corrected chi connectivity index (χ3v) is 5.77. The highest BCUT2D eigenvalue weighted by atomic mass is 32.2. The van der Waals surface area contributed by atoms with Gasteiger partial charge in [-0.05, 0) is 36.4 Å². The third kappa shape index (κ3) is 3.86. The summed E-state index contributed by atoms with van der Waals surface area (Å²) in [6, 6.07) is 14.1. The van der Waals surface area contributed by atoms with Crippen LogP contribution >= 0.6 is 23.1 Å². The minimum atomic E-state index is -0.248. The number of hydrogen-bond acceptors (Lipinski definition) is 6. The highest BCUT2D eigenvalue weighted by Gasteiger charge is 2.12. The summed E-state index contributed by atoms with van der Waals surface area (Å²) in [5, 5.41) is 11.9. The fourth-order valence-electron chi connectivity index (χ4n) is 2.55. The maximum atomic E-state index is 13.1. The molecular formula is C19H15FN4OS2. The Morgan fingerprint density at radius 1 is 1.15 bits per heavy atom. The van der Waals surface area contributed by atoms with Crippen molar-refractivity contribution in [3.8, 4) is 22.0 Å². The van der Waals surface area contributed by atoms with Gasteiger partial charge in [-0.3, -0.25) is 4.57 Å². The molecule has 4 rings (SSSR count). The van der Waals surface area contributed by atoms with Gasteiger partial charge in [0.25, 0.3) is 0 Å². The van der Waals surface area contributed by atoms with E-state index < -0.39 is 0 Å². The molecule has 4 aromatic rings. The Bertz CT molecular complexity index is 1050. The molecule has 0 amide bonds. The van der Waals surface area contributed by atoms with Gasteiger partial charge in [-0.15, -0.1) is 21.5 Å². The van der Waals surface area contributed by atoms with E-state index in [-0.39, 0.29) is 5.82 Å². The SMILES string of the molecule is COc1ccccc1-n1cnnc1SCc1csc(-c2ccc(F)cc2)n1. The Kier molecular flexibility index (Phi) is 5.17. The molecule has 2 aromatic carbocycles. The van der Waals surface area contributed by atoms with Crippen molar-refractivity contribution in [3.63, 3.8) is 0 Å². The molecule has 0 unspecified atom stereocenters. The van der Waals surface area contributed by atoms with Crippen molar-refractivity contribution in [3.05, 3.63) is 71.7 Å². The van der Waals surface area contributed by atoms with Crippen LogP contribution in [0.3, 0.4) is 0 Å². The summed E-state index contributed by atoms with van der Waals surface area (Å²) in [4.78, 5) is 4.64. The van der Waals surface area contributed by atoms with Crippen molar-refractivity contribution in [2.75, 3.05) is 7.11 Å². The number of halogens is 1. The molecule has 0 spiro atoms.